The van der Waals surface area contributed by atoms with Crippen LogP contribution >= 0.6 is 0 Å². The Morgan fingerprint density at radius 1 is 1.03 bits per heavy atom. The molecule has 2 N–H and O–H groups in total. The zero-order valence-electron chi connectivity index (χ0n) is 16.5. The number of halogens is 3. The van der Waals surface area contributed by atoms with Crippen LogP contribution in [0.15, 0.2) is 52.8 Å². The Labute approximate surface area is 169 Å². The number of nitrogens with zero attached hydrogens (tertiary/aromatic N) is 1. The molecule has 1 aliphatic heterocycles. The second kappa shape index (κ2) is 9.39. The van der Waals surface area contributed by atoms with Gasteiger partial charge in [0.2, 0.25) is 5.88 Å². The van der Waals surface area contributed by atoms with Gasteiger partial charge in [0.15, 0.2) is 0 Å². The van der Waals surface area contributed by atoms with Crippen LogP contribution in [0.25, 0.3) is 11.3 Å². The van der Waals surface area contributed by atoms with Gasteiger partial charge in [-0.1, -0.05) is 51.2 Å². The van der Waals surface area contributed by atoms with Crippen molar-refractivity contribution >= 4 is 0 Å². The highest BCUT2D eigenvalue weighted by Gasteiger charge is 2.32. The topological polar surface area (TPSA) is 51.6 Å². The first-order chi connectivity index (χ1) is 13.9. The van der Waals surface area contributed by atoms with Gasteiger partial charge < -0.3 is 15.0 Å². The molecule has 3 rings (SSSR count). The van der Waals surface area contributed by atoms with Crippen molar-refractivity contribution in [2.75, 3.05) is 6.54 Å². The maximum absolute atomic E-state index is 13.0. The Hall–Kier alpha value is -2.41. The number of unbranched alkanes of at least 4 members (excludes halogenated alkanes) is 5. The molecule has 2 aromatic rings. The fourth-order valence-corrected chi connectivity index (χ4v) is 3.43. The van der Waals surface area contributed by atoms with E-state index in [4.69, 9.17) is 15.0 Å². The predicted octanol–water partition coefficient (Wildman–Crippen LogP) is 6.41. The highest BCUT2D eigenvalue weighted by atomic mass is 19.4. The molecular weight excluding hydrogens is 381 g/mol. The van der Waals surface area contributed by atoms with E-state index in [9.17, 15) is 13.2 Å². The normalized spacial score (nSPS) is 17.4. The maximum atomic E-state index is 13.0. The number of furan rings is 1. The second-order valence-corrected chi connectivity index (χ2v) is 7.29. The molecule has 2 heterocycles. The van der Waals surface area contributed by atoms with Crippen LogP contribution < -0.4 is 5.73 Å². The standard InChI is InChI=1S/C22H27F3N2O2/c1-2-3-4-5-6-7-13-27-18(15-21(26)29-27)20-12-11-19(28-20)16-9-8-10-17(14-16)22(23,24)25/h8-12,14-15,18H,2-7,13,26H2,1H3. The van der Waals surface area contributed by atoms with Crippen LogP contribution in [0.1, 0.15) is 62.8 Å². The Bertz CT molecular complexity index is 829. The van der Waals surface area contributed by atoms with Crippen molar-refractivity contribution in [3.8, 4) is 11.3 Å². The number of alkyl halides is 3. The zero-order chi connectivity index (χ0) is 20.9. The Morgan fingerprint density at radius 3 is 2.55 bits per heavy atom. The molecule has 7 heteroatoms. The van der Waals surface area contributed by atoms with Gasteiger partial charge in [-0.3, -0.25) is 0 Å². The van der Waals surface area contributed by atoms with Crippen LogP contribution in [-0.2, 0) is 11.0 Å². The highest BCUT2D eigenvalue weighted by molar-refractivity contribution is 5.59. The Balaban J connectivity index is 1.66. The molecule has 0 bridgehead atoms. The van der Waals surface area contributed by atoms with Crippen molar-refractivity contribution in [2.45, 2.75) is 57.7 Å². The minimum absolute atomic E-state index is 0.287. The lowest BCUT2D eigenvalue weighted by Crippen LogP contribution is -2.24. The van der Waals surface area contributed by atoms with E-state index >= 15 is 0 Å². The Morgan fingerprint density at radius 2 is 1.79 bits per heavy atom. The molecule has 0 fully saturated rings. The summed E-state index contributed by atoms with van der Waals surface area (Å²) in [5.41, 5.74) is 5.52. The highest BCUT2D eigenvalue weighted by Crippen LogP contribution is 2.36. The minimum atomic E-state index is -4.39. The fourth-order valence-electron chi connectivity index (χ4n) is 3.43. The van der Waals surface area contributed by atoms with Crippen LogP contribution in [0.2, 0.25) is 0 Å². The first-order valence-electron chi connectivity index (χ1n) is 10.1. The average molecular weight is 408 g/mol. The minimum Gasteiger partial charge on any atom is -0.459 e. The Kier molecular flexibility index (Phi) is 6.90. The number of hydrogen-bond acceptors (Lipinski definition) is 4. The number of hydroxylamine groups is 2. The molecule has 0 saturated carbocycles. The molecule has 0 amide bonds. The molecule has 1 aromatic carbocycles. The molecule has 0 spiro atoms. The van der Waals surface area contributed by atoms with Crippen LogP contribution in [-0.4, -0.2) is 11.6 Å². The monoisotopic (exact) mass is 408 g/mol. The van der Waals surface area contributed by atoms with Crippen molar-refractivity contribution in [1.29, 1.82) is 0 Å². The van der Waals surface area contributed by atoms with Gasteiger partial charge in [0.1, 0.15) is 17.6 Å². The molecule has 1 aliphatic rings. The van der Waals surface area contributed by atoms with Crippen LogP contribution in [0, 0.1) is 0 Å². The third kappa shape index (κ3) is 5.56. The average Bonchev–Trinajstić information content (AvgIpc) is 3.30. The molecule has 158 valence electrons. The summed E-state index contributed by atoms with van der Waals surface area (Å²) in [6.07, 6.45) is 4.34. The van der Waals surface area contributed by atoms with Crippen molar-refractivity contribution in [1.82, 2.24) is 5.06 Å². The summed E-state index contributed by atoms with van der Waals surface area (Å²) in [5.74, 6) is 1.27. The summed E-state index contributed by atoms with van der Waals surface area (Å²) < 4.78 is 44.8. The summed E-state index contributed by atoms with van der Waals surface area (Å²) in [7, 11) is 0. The predicted molar refractivity (Wildman–Crippen MR) is 105 cm³/mol. The second-order valence-electron chi connectivity index (χ2n) is 7.29. The zero-order valence-corrected chi connectivity index (χ0v) is 16.5. The lowest BCUT2D eigenvalue weighted by Gasteiger charge is -2.21. The first kappa shape index (κ1) is 21.3. The molecule has 0 aliphatic carbocycles. The third-order valence-electron chi connectivity index (χ3n) is 4.98. The molecule has 1 atom stereocenters. The van der Waals surface area contributed by atoms with Crippen LogP contribution in [0.4, 0.5) is 13.2 Å². The number of nitrogens with two attached hydrogens (primary N) is 1. The SMILES string of the molecule is CCCCCCCCN1OC(N)=CC1c1ccc(-c2cccc(C(F)(F)F)c2)o1. The molecule has 1 unspecified atom stereocenters. The smallest absolute Gasteiger partial charge is 0.416 e. The molecule has 29 heavy (non-hydrogen) atoms. The van der Waals surface area contributed by atoms with Crippen molar-refractivity contribution in [3.05, 3.63) is 59.7 Å². The van der Waals surface area contributed by atoms with Crippen LogP contribution in [0.3, 0.4) is 0 Å². The number of rotatable bonds is 9. The third-order valence-corrected chi connectivity index (χ3v) is 4.98. The van der Waals surface area contributed by atoms with Gasteiger partial charge in [-0.15, -0.1) is 5.06 Å². The number of hydrogen-bond donors (Lipinski definition) is 1. The summed E-state index contributed by atoms with van der Waals surface area (Å²) in [6.45, 7) is 2.89. The molecule has 0 saturated heterocycles. The maximum Gasteiger partial charge on any atom is 0.416 e. The van der Waals surface area contributed by atoms with Gasteiger partial charge in [-0.25, -0.2) is 0 Å². The van der Waals surface area contributed by atoms with Gasteiger partial charge in [0.25, 0.3) is 0 Å². The molecule has 1 aromatic heterocycles. The van der Waals surface area contributed by atoms with E-state index in [0.717, 1.165) is 25.0 Å². The van der Waals surface area contributed by atoms with Crippen LogP contribution in [0.5, 0.6) is 0 Å². The van der Waals surface area contributed by atoms with E-state index in [0.29, 0.717) is 29.5 Å². The van der Waals surface area contributed by atoms with E-state index in [1.807, 2.05) is 0 Å². The van der Waals surface area contributed by atoms with E-state index < -0.39 is 11.7 Å². The van der Waals surface area contributed by atoms with E-state index in [2.05, 4.69) is 6.92 Å². The van der Waals surface area contributed by atoms with Gasteiger partial charge >= 0.3 is 6.18 Å². The van der Waals surface area contributed by atoms with E-state index in [1.54, 1.807) is 29.3 Å². The van der Waals surface area contributed by atoms with Gasteiger partial charge in [-0.05, 0) is 30.7 Å². The molecular formula is C22H27F3N2O2. The fraction of sp³-hybridized carbons (Fsp3) is 0.455. The summed E-state index contributed by atoms with van der Waals surface area (Å²) in [4.78, 5) is 5.60. The largest absolute Gasteiger partial charge is 0.459 e. The summed E-state index contributed by atoms with van der Waals surface area (Å²) >= 11 is 0. The van der Waals surface area contributed by atoms with Crippen molar-refractivity contribution in [2.24, 2.45) is 5.73 Å². The quantitative estimate of drug-likeness (QED) is 0.487. The van der Waals surface area contributed by atoms with Crippen molar-refractivity contribution in [3.63, 3.8) is 0 Å². The van der Waals surface area contributed by atoms with E-state index in [1.165, 1.54) is 31.7 Å². The lowest BCUT2D eigenvalue weighted by atomic mass is 10.1. The lowest BCUT2D eigenvalue weighted by molar-refractivity contribution is -0.137. The summed E-state index contributed by atoms with van der Waals surface area (Å²) in [5, 5.41) is 1.77. The summed E-state index contributed by atoms with van der Waals surface area (Å²) in [6, 6.07) is 8.26. The van der Waals surface area contributed by atoms with Gasteiger partial charge in [0, 0.05) is 18.2 Å². The number of benzene rings is 1. The van der Waals surface area contributed by atoms with E-state index in [-0.39, 0.29) is 6.04 Å². The van der Waals surface area contributed by atoms with Gasteiger partial charge in [0.05, 0.1) is 5.56 Å². The molecule has 0 radical (unpaired) electrons. The first-order valence-corrected chi connectivity index (χ1v) is 10.1. The van der Waals surface area contributed by atoms with Crippen molar-refractivity contribution < 1.29 is 22.4 Å². The molecule has 4 nitrogen and oxygen atoms in total. The van der Waals surface area contributed by atoms with Gasteiger partial charge in [-0.2, -0.15) is 13.2 Å².